The highest BCUT2D eigenvalue weighted by molar-refractivity contribution is 6.30. The predicted molar refractivity (Wildman–Crippen MR) is 60.8 cm³/mol. The van der Waals surface area contributed by atoms with Gasteiger partial charge in [-0.15, -0.1) is 0 Å². The van der Waals surface area contributed by atoms with Crippen LogP contribution in [0.25, 0.3) is 0 Å². The fourth-order valence-electron chi connectivity index (χ4n) is 1.07. The van der Waals surface area contributed by atoms with Gasteiger partial charge in [-0.25, -0.2) is 0 Å². The Morgan fingerprint density at radius 3 is 2.00 bits per heavy atom. The SMILES string of the molecule is N=C(N)N(Cc1ccc(Cl)cc1)C(=N)N. The van der Waals surface area contributed by atoms with Crippen LogP contribution in [0.5, 0.6) is 0 Å². The number of hydrogen-bond acceptors (Lipinski definition) is 2. The number of guanidine groups is 2. The summed E-state index contributed by atoms with van der Waals surface area (Å²) in [6, 6.07) is 7.05. The van der Waals surface area contributed by atoms with Crippen LogP contribution in [0.1, 0.15) is 5.56 Å². The Morgan fingerprint density at radius 2 is 1.60 bits per heavy atom. The molecule has 80 valence electrons. The zero-order valence-electron chi connectivity index (χ0n) is 8.00. The largest absolute Gasteiger partial charge is 0.370 e. The van der Waals surface area contributed by atoms with Gasteiger partial charge in [-0.1, -0.05) is 23.7 Å². The zero-order chi connectivity index (χ0) is 11.4. The third-order valence-corrected chi connectivity index (χ3v) is 2.09. The Kier molecular flexibility index (Phi) is 3.51. The van der Waals surface area contributed by atoms with Crippen molar-refractivity contribution in [3.63, 3.8) is 0 Å². The second-order valence-corrected chi connectivity index (χ2v) is 3.42. The van der Waals surface area contributed by atoms with E-state index in [9.17, 15) is 0 Å². The van der Waals surface area contributed by atoms with Crippen molar-refractivity contribution in [1.82, 2.24) is 4.90 Å². The lowest BCUT2D eigenvalue weighted by molar-refractivity contribution is 0.582. The van der Waals surface area contributed by atoms with Crippen LogP contribution in [0.3, 0.4) is 0 Å². The van der Waals surface area contributed by atoms with Crippen molar-refractivity contribution in [2.75, 3.05) is 0 Å². The van der Waals surface area contributed by atoms with Gasteiger partial charge in [0.2, 0.25) is 0 Å². The fraction of sp³-hybridized carbons (Fsp3) is 0.111. The molecule has 0 spiro atoms. The van der Waals surface area contributed by atoms with Gasteiger partial charge in [0.1, 0.15) is 0 Å². The van der Waals surface area contributed by atoms with E-state index in [1.54, 1.807) is 24.3 Å². The first-order valence-electron chi connectivity index (χ1n) is 4.20. The van der Waals surface area contributed by atoms with Crippen LogP contribution in [-0.4, -0.2) is 16.8 Å². The molecular formula is C9H12ClN5. The second kappa shape index (κ2) is 4.65. The van der Waals surface area contributed by atoms with E-state index >= 15 is 0 Å². The molecule has 0 aliphatic carbocycles. The Labute approximate surface area is 92.6 Å². The number of nitrogens with one attached hydrogen (secondary N) is 2. The number of rotatable bonds is 2. The molecule has 0 fully saturated rings. The molecule has 1 rings (SSSR count). The van der Waals surface area contributed by atoms with E-state index in [2.05, 4.69) is 0 Å². The predicted octanol–water partition coefficient (Wildman–Crippen LogP) is 0.929. The number of benzene rings is 1. The van der Waals surface area contributed by atoms with E-state index in [-0.39, 0.29) is 11.9 Å². The highest BCUT2D eigenvalue weighted by atomic mass is 35.5. The first-order valence-corrected chi connectivity index (χ1v) is 4.58. The molecule has 0 bridgehead atoms. The van der Waals surface area contributed by atoms with E-state index in [0.717, 1.165) is 5.56 Å². The van der Waals surface area contributed by atoms with Crippen LogP contribution in [0.2, 0.25) is 5.02 Å². The van der Waals surface area contributed by atoms with Gasteiger partial charge in [0.15, 0.2) is 11.9 Å². The minimum Gasteiger partial charge on any atom is -0.370 e. The Hall–Kier alpha value is -1.75. The molecule has 0 unspecified atom stereocenters. The summed E-state index contributed by atoms with van der Waals surface area (Å²) in [6.45, 7) is 0.293. The van der Waals surface area contributed by atoms with E-state index in [1.165, 1.54) is 4.90 Å². The summed E-state index contributed by atoms with van der Waals surface area (Å²) in [7, 11) is 0. The molecule has 1 aromatic rings. The molecule has 0 amide bonds. The van der Waals surface area contributed by atoms with Crippen molar-refractivity contribution in [2.24, 2.45) is 11.5 Å². The highest BCUT2D eigenvalue weighted by Crippen LogP contribution is 2.11. The van der Waals surface area contributed by atoms with Gasteiger partial charge in [-0.2, -0.15) is 0 Å². The van der Waals surface area contributed by atoms with Gasteiger partial charge in [0.05, 0.1) is 6.54 Å². The Morgan fingerprint density at radius 1 is 1.13 bits per heavy atom. The van der Waals surface area contributed by atoms with Gasteiger partial charge in [-0.3, -0.25) is 15.7 Å². The van der Waals surface area contributed by atoms with Crippen LogP contribution in [-0.2, 0) is 6.54 Å². The summed E-state index contributed by atoms with van der Waals surface area (Å²) in [5.41, 5.74) is 11.4. The maximum absolute atomic E-state index is 7.23. The lowest BCUT2D eigenvalue weighted by Crippen LogP contribution is -2.44. The minimum absolute atomic E-state index is 0.252. The third-order valence-electron chi connectivity index (χ3n) is 1.84. The number of halogens is 1. The Bertz CT molecular complexity index is 359. The van der Waals surface area contributed by atoms with E-state index in [0.29, 0.717) is 11.6 Å². The molecule has 0 aliphatic rings. The van der Waals surface area contributed by atoms with E-state index in [1.807, 2.05) is 0 Å². The molecule has 0 aliphatic heterocycles. The molecule has 6 N–H and O–H groups in total. The van der Waals surface area contributed by atoms with Crippen molar-refractivity contribution in [1.29, 1.82) is 10.8 Å². The molecule has 15 heavy (non-hydrogen) atoms. The molecule has 1 aromatic carbocycles. The maximum Gasteiger partial charge on any atom is 0.195 e. The van der Waals surface area contributed by atoms with Crippen molar-refractivity contribution in [2.45, 2.75) is 6.54 Å². The number of nitrogens with zero attached hydrogens (tertiary/aromatic N) is 1. The monoisotopic (exact) mass is 225 g/mol. The third kappa shape index (κ3) is 3.14. The number of hydrogen-bond donors (Lipinski definition) is 4. The summed E-state index contributed by atoms with van der Waals surface area (Å²) < 4.78 is 0. The fourth-order valence-corrected chi connectivity index (χ4v) is 1.20. The highest BCUT2D eigenvalue weighted by Gasteiger charge is 2.09. The molecule has 0 saturated heterocycles. The van der Waals surface area contributed by atoms with Crippen LogP contribution in [0.4, 0.5) is 0 Å². The molecular weight excluding hydrogens is 214 g/mol. The summed E-state index contributed by atoms with van der Waals surface area (Å²) in [4.78, 5) is 1.18. The van der Waals surface area contributed by atoms with E-state index < -0.39 is 0 Å². The summed E-state index contributed by atoms with van der Waals surface area (Å²) in [6.07, 6.45) is 0. The average molecular weight is 226 g/mol. The van der Waals surface area contributed by atoms with Crippen molar-refractivity contribution in [3.8, 4) is 0 Å². The standard InChI is InChI=1S/C9H12ClN5/c10-7-3-1-6(2-4-7)5-15(8(11)12)9(13)14/h1-4H,5H2,(H3,11,12)(H3,13,14). The van der Waals surface area contributed by atoms with Crippen LogP contribution < -0.4 is 11.5 Å². The van der Waals surface area contributed by atoms with Crippen LogP contribution >= 0.6 is 11.6 Å². The summed E-state index contributed by atoms with van der Waals surface area (Å²) in [5.74, 6) is -0.505. The van der Waals surface area contributed by atoms with E-state index in [4.69, 9.17) is 33.9 Å². The summed E-state index contributed by atoms with van der Waals surface area (Å²) in [5, 5.41) is 15.1. The minimum atomic E-state index is -0.252. The normalized spacial score (nSPS) is 9.67. The molecule has 0 heterocycles. The molecule has 0 saturated carbocycles. The zero-order valence-corrected chi connectivity index (χ0v) is 8.75. The first kappa shape index (κ1) is 11.3. The van der Waals surface area contributed by atoms with Crippen molar-refractivity contribution in [3.05, 3.63) is 34.9 Å². The van der Waals surface area contributed by atoms with Gasteiger partial charge in [0.25, 0.3) is 0 Å². The lowest BCUT2D eigenvalue weighted by atomic mass is 10.2. The quantitative estimate of drug-likeness (QED) is 0.445. The van der Waals surface area contributed by atoms with Crippen LogP contribution in [0, 0.1) is 10.8 Å². The second-order valence-electron chi connectivity index (χ2n) is 2.98. The van der Waals surface area contributed by atoms with Gasteiger partial charge in [-0.05, 0) is 17.7 Å². The van der Waals surface area contributed by atoms with Crippen molar-refractivity contribution < 1.29 is 0 Å². The van der Waals surface area contributed by atoms with Gasteiger partial charge < -0.3 is 11.5 Å². The molecule has 5 nitrogen and oxygen atoms in total. The maximum atomic E-state index is 7.23. The summed E-state index contributed by atoms with van der Waals surface area (Å²) >= 11 is 5.73. The van der Waals surface area contributed by atoms with Crippen molar-refractivity contribution >= 4 is 23.5 Å². The topological polar surface area (TPSA) is 103 Å². The van der Waals surface area contributed by atoms with Crippen LogP contribution in [0.15, 0.2) is 24.3 Å². The molecule has 0 atom stereocenters. The molecule has 0 radical (unpaired) electrons. The molecule has 0 aromatic heterocycles. The average Bonchev–Trinajstić information content (AvgIpc) is 2.15. The molecule has 6 heteroatoms. The Balaban J connectivity index is 2.79. The lowest BCUT2D eigenvalue weighted by Gasteiger charge is -2.20. The smallest absolute Gasteiger partial charge is 0.195 e. The van der Waals surface area contributed by atoms with Gasteiger partial charge in [0, 0.05) is 5.02 Å². The van der Waals surface area contributed by atoms with Gasteiger partial charge >= 0.3 is 0 Å². The number of nitrogens with two attached hydrogens (primary N) is 2. The first-order chi connectivity index (χ1) is 7.00.